The lowest BCUT2D eigenvalue weighted by atomic mass is 10.2. The van der Waals surface area contributed by atoms with Crippen molar-refractivity contribution in [2.24, 2.45) is 17.3 Å². The van der Waals surface area contributed by atoms with Crippen LogP contribution in [0, 0.1) is 0 Å². The zero-order valence-corrected chi connectivity index (χ0v) is 15.6. The average Bonchev–Trinajstić information content (AvgIpc) is 3.15. The number of rotatable bonds is 2. The largest absolute Gasteiger partial charge is 0.493 e. The van der Waals surface area contributed by atoms with Gasteiger partial charge in [0.15, 0.2) is 11.3 Å². The molecule has 0 amide bonds. The molecule has 27 heavy (non-hydrogen) atoms. The fourth-order valence-electron chi connectivity index (χ4n) is 3.13. The lowest BCUT2D eigenvalue weighted by Gasteiger charge is -1.95. The maximum absolute atomic E-state index is 10.3. The SMILES string of the molecule is Cn1c(O)c(N=Nc2nnc3c(n2)[nH]c2ccc(Br)cc23)c2ccccc21. The van der Waals surface area contributed by atoms with Gasteiger partial charge < -0.3 is 14.7 Å². The second kappa shape index (κ2) is 5.85. The van der Waals surface area contributed by atoms with Gasteiger partial charge in [-0.05, 0) is 24.3 Å². The molecule has 3 heterocycles. The van der Waals surface area contributed by atoms with Crippen LogP contribution in [0.5, 0.6) is 5.88 Å². The van der Waals surface area contributed by atoms with Crippen LogP contribution in [0.2, 0.25) is 0 Å². The summed E-state index contributed by atoms with van der Waals surface area (Å²) in [6, 6.07) is 13.4. The number of aromatic hydroxyl groups is 1. The number of nitrogens with one attached hydrogen (secondary N) is 1. The molecule has 2 N–H and O–H groups in total. The monoisotopic (exact) mass is 421 g/mol. The Kier molecular flexibility index (Phi) is 3.44. The summed E-state index contributed by atoms with van der Waals surface area (Å²) >= 11 is 3.45. The van der Waals surface area contributed by atoms with Crippen LogP contribution in [0.3, 0.4) is 0 Å². The predicted molar refractivity (Wildman–Crippen MR) is 106 cm³/mol. The molecule has 0 saturated heterocycles. The fraction of sp³-hybridized carbons (Fsp3) is 0.0556. The first-order valence-corrected chi connectivity index (χ1v) is 8.91. The van der Waals surface area contributed by atoms with E-state index in [1.165, 1.54) is 0 Å². The zero-order chi connectivity index (χ0) is 18.5. The Bertz CT molecular complexity index is 1370. The van der Waals surface area contributed by atoms with Crippen LogP contribution in [0.4, 0.5) is 11.6 Å². The number of aromatic amines is 1. The minimum Gasteiger partial charge on any atom is -0.493 e. The van der Waals surface area contributed by atoms with Crippen LogP contribution in [0.1, 0.15) is 0 Å². The molecular formula is C18H12BrN7O. The predicted octanol–water partition coefficient (Wildman–Crippen LogP) is 4.88. The van der Waals surface area contributed by atoms with E-state index in [4.69, 9.17) is 0 Å². The van der Waals surface area contributed by atoms with Crippen LogP contribution in [0.25, 0.3) is 33.0 Å². The molecule has 5 aromatic rings. The number of aryl methyl sites for hydroxylation is 1. The van der Waals surface area contributed by atoms with E-state index in [0.29, 0.717) is 16.9 Å². The second-order valence-electron chi connectivity index (χ2n) is 6.07. The van der Waals surface area contributed by atoms with Gasteiger partial charge in [0, 0.05) is 27.8 Å². The molecule has 0 atom stereocenters. The second-order valence-corrected chi connectivity index (χ2v) is 6.99. The highest BCUT2D eigenvalue weighted by Crippen LogP contribution is 2.38. The topological polar surface area (TPSA) is 104 Å². The van der Waals surface area contributed by atoms with Crippen molar-refractivity contribution < 1.29 is 5.11 Å². The first-order valence-electron chi connectivity index (χ1n) is 8.11. The molecule has 8 nitrogen and oxygen atoms in total. The van der Waals surface area contributed by atoms with Crippen molar-refractivity contribution >= 4 is 60.5 Å². The summed E-state index contributed by atoms with van der Waals surface area (Å²) in [7, 11) is 1.77. The highest BCUT2D eigenvalue weighted by Gasteiger charge is 2.14. The van der Waals surface area contributed by atoms with Crippen molar-refractivity contribution in [1.82, 2.24) is 24.7 Å². The van der Waals surface area contributed by atoms with E-state index < -0.39 is 0 Å². The van der Waals surface area contributed by atoms with Crippen molar-refractivity contribution in [1.29, 1.82) is 0 Å². The number of azo groups is 1. The molecule has 0 spiro atoms. The Morgan fingerprint density at radius 2 is 1.93 bits per heavy atom. The molecule has 0 saturated carbocycles. The number of para-hydroxylation sites is 1. The van der Waals surface area contributed by atoms with Gasteiger partial charge in [0.1, 0.15) is 5.52 Å². The molecule has 0 unspecified atom stereocenters. The van der Waals surface area contributed by atoms with E-state index >= 15 is 0 Å². The van der Waals surface area contributed by atoms with E-state index in [2.05, 4.69) is 46.3 Å². The summed E-state index contributed by atoms with van der Waals surface area (Å²) in [5.74, 6) is 0.143. The number of nitrogens with zero attached hydrogens (tertiary/aromatic N) is 6. The van der Waals surface area contributed by atoms with Gasteiger partial charge in [0.05, 0.1) is 5.52 Å². The smallest absolute Gasteiger partial charge is 0.289 e. The van der Waals surface area contributed by atoms with Crippen molar-refractivity contribution in [3.05, 3.63) is 46.9 Å². The molecule has 2 aromatic carbocycles. The summed E-state index contributed by atoms with van der Waals surface area (Å²) in [6.45, 7) is 0. The number of fused-ring (bicyclic) bond motifs is 4. The molecule has 0 radical (unpaired) electrons. The molecular weight excluding hydrogens is 410 g/mol. The Morgan fingerprint density at radius 3 is 2.81 bits per heavy atom. The van der Waals surface area contributed by atoms with Gasteiger partial charge in [-0.2, -0.15) is 4.98 Å². The summed E-state index contributed by atoms with van der Waals surface area (Å²) < 4.78 is 2.61. The number of benzene rings is 2. The van der Waals surface area contributed by atoms with Gasteiger partial charge in [-0.3, -0.25) is 0 Å². The van der Waals surface area contributed by atoms with E-state index in [9.17, 15) is 5.11 Å². The Balaban J connectivity index is 1.61. The van der Waals surface area contributed by atoms with Gasteiger partial charge in [-0.15, -0.1) is 20.4 Å². The van der Waals surface area contributed by atoms with Gasteiger partial charge in [-0.25, -0.2) is 0 Å². The molecule has 9 heteroatoms. The fourth-order valence-corrected chi connectivity index (χ4v) is 3.49. The number of hydrogen-bond donors (Lipinski definition) is 2. The Morgan fingerprint density at radius 1 is 1.07 bits per heavy atom. The van der Waals surface area contributed by atoms with Gasteiger partial charge >= 0.3 is 0 Å². The molecule has 132 valence electrons. The van der Waals surface area contributed by atoms with Crippen LogP contribution in [-0.4, -0.2) is 29.8 Å². The lowest BCUT2D eigenvalue weighted by molar-refractivity contribution is 0.436. The number of aromatic nitrogens is 5. The van der Waals surface area contributed by atoms with Gasteiger partial charge in [0.2, 0.25) is 5.88 Å². The first-order chi connectivity index (χ1) is 13.1. The first kappa shape index (κ1) is 15.9. The summed E-state index contributed by atoms with van der Waals surface area (Å²) in [4.78, 5) is 7.58. The molecule has 5 rings (SSSR count). The maximum Gasteiger partial charge on any atom is 0.289 e. The van der Waals surface area contributed by atoms with E-state index in [0.717, 1.165) is 26.3 Å². The third-order valence-electron chi connectivity index (χ3n) is 4.45. The number of H-pyrrole nitrogens is 1. The van der Waals surface area contributed by atoms with E-state index in [1.54, 1.807) is 11.6 Å². The Hall–Kier alpha value is -3.33. The summed E-state index contributed by atoms with van der Waals surface area (Å²) in [5, 5.41) is 28.6. The summed E-state index contributed by atoms with van der Waals surface area (Å²) in [6.07, 6.45) is 0. The van der Waals surface area contributed by atoms with E-state index in [-0.39, 0.29) is 11.8 Å². The molecule has 0 aliphatic rings. The number of halogens is 1. The van der Waals surface area contributed by atoms with Gasteiger partial charge in [-0.1, -0.05) is 34.1 Å². The summed E-state index contributed by atoms with van der Waals surface area (Å²) in [5.41, 5.74) is 3.39. The Labute approximate surface area is 160 Å². The van der Waals surface area contributed by atoms with Crippen LogP contribution < -0.4 is 0 Å². The highest BCUT2D eigenvalue weighted by molar-refractivity contribution is 9.10. The molecule has 0 bridgehead atoms. The van der Waals surface area contributed by atoms with Gasteiger partial charge in [0.25, 0.3) is 5.95 Å². The molecule has 3 aromatic heterocycles. The minimum atomic E-state index is 0.0319. The van der Waals surface area contributed by atoms with E-state index in [1.807, 2.05) is 42.5 Å². The normalized spacial score (nSPS) is 12.1. The van der Waals surface area contributed by atoms with Crippen LogP contribution in [-0.2, 0) is 7.05 Å². The average molecular weight is 422 g/mol. The maximum atomic E-state index is 10.3. The highest BCUT2D eigenvalue weighted by atomic mass is 79.9. The van der Waals surface area contributed by atoms with Crippen LogP contribution in [0.15, 0.2) is 57.2 Å². The zero-order valence-electron chi connectivity index (χ0n) is 14.0. The van der Waals surface area contributed by atoms with Crippen molar-refractivity contribution in [3.8, 4) is 5.88 Å². The minimum absolute atomic E-state index is 0.0319. The van der Waals surface area contributed by atoms with Crippen LogP contribution >= 0.6 is 15.9 Å². The third-order valence-corrected chi connectivity index (χ3v) is 4.95. The van der Waals surface area contributed by atoms with Crippen molar-refractivity contribution in [2.45, 2.75) is 0 Å². The molecule has 0 aliphatic carbocycles. The van der Waals surface area contributed by atoms with Crippen molar-refractivity contribution in [3.63, 3.8) is 0 Å². The lowest BCUT2D eigenvalue weighted by Crippen LogP contribution is -1.86. The number of hydrogen-bond acceptors (Lipinski definition) is 6. The van der Waals surface area contributed by atoms with Crippen molar-refractivity contribution in [2.75, 3.05) is 0 Å². The molecule has 0 aliphatic heterocycles. The molecule has 0 fully saturated rings. The standard InChI is InChI=1S/C18H12BrN7O/c1-26-13-5-3-2-4-10(13)15(17(26)27)23-25-18-21-16-14(22-24-18)11-8-9(19)6-7-12(11)20-16/h2-8,27H,1H3,(H,20,21,24). The quantitative estimate of drug-likeness (QED) is 0.396. The third kappa shape index (κ3) is 2.47.